The molecule has 0 aliphatic carbocycles. The lowest BCUT2D eigenvalue weighted by Gasteiger charge is -2.28. The molecular weight excluding hydrogens is 204 g/mol. The van der Waals surface area contributed by atoms with Crippen molar-refractivity contribution in [2.75, 3.05) is 36.1 Å². The summed E-state index contributed by atoms with van der Waals surface area (Å²) in [5.74, 6) is 0.931. The van der Waals surface area contributed by atoms with Gasteiger partial charge in [-0.05, 0) is 19.3 Å². The number of rotatable bonds is 3. The summed E-state index contributed by atoms with van der Waals surface area (Å²) in [6.07, 6.45) is 3.69. The molecule has 2 rings (SSSR count). The molecule has 0 unspecified atom stereocenters. The van der Waals surface area contributed by atoms with Crippen LogP contribution in [0.25, 0.3) is 0 Å². The summed E-state index contributed by atoms with van der Waals surface area (Å²) in [5.41, 5.74) is 3.28. The van der Waals surface area contributed by atoms with E-state index in [-0.39, 0.29) is 0 Å². The van der Waals surface area contributed by atoms with Gasteiger partial charge < -0.3 is 21.2 Å². The molecule has 0 atom stereocenters. The van der Waals surface area contributed by atoms with Crippen LogP contribution >= 0.6 is 0 Å². The van der Waals surface area contributed by atoms with Crippen molar-refractivity contribution < 1.29 is 14.3 Å². The first kappa shape index (κ1) is 8.50. The summed E-state index contributed by atoms with van der Waals surface area (Å²) in [6, 6.07) is 3.69. The van der Waals surface area contributed by atoms with Crippen molar-refractivity contribution in [2.45, 2.75) is 19.3 Å². The van der Waals surface area contributed by atoms with Gasteiger partial charge in [-0.3, -0.25) is 0 Å². The number of aromatic nitrogens is 1. The molecule has 0 radical (unpaired) electrons. The third-order valence-electron chi connectivity index (χ3n) is 3.00. The summed E-state index contributed by atoms with van der Waals surface area (Å²) in [7, 11) is 1.75. The molecule has 16 heavy (non-hydrogen) atoms. The molecule has 90 valence electrons. The van der Waals surface area contributed by atoms with Gasteiger partial charge in [0.05, 0.1) is 5.69 Å². The number of piperidine rings is 1. The third kappa shape index (κ3) is 1.98. The van der Waals surface area contributed by atoms with Crippen LogP contribution in [-0.2, 0) is 0 Å². The molecule has 0 amide bonds. The Hall–Kier alpha value is -1.65. The number of nitrogens with one attached hydrogen (secondary N) is 1. The molecule has 1 aliphatic rings. The van der Waals surface area contributed by atoms with Crippen LogP contribution in [0, 0.1) is 0 Å². The van der Waals surface area contributed by atoms with Crippen LogP contribution in [0.2, 0.25) is 1.41 Å². The van der Waals surface area contributed by atoms with Crippen molar-refractivity contribution in [3.05, 3.63) is 12.1 Å². The van der Waals surface area contributed by atoms with Gasteiger partial charge in [-0.2, -0.15) is 0 Å². The van der Waals surface area contributed by atoms with Gasteiger partial charge in [-0.25, -0.2) is 0 Å². The maximum absolute atomic E-state index is 9.76. The predicted molar refractivity (Wildman–Crippen MR) is 66.0 cm³/mol. The number of hydrogen-bond donors (Lipinski definition) is 3. The smallest absolute Gasteiger partial charge is 0.262 e. The molecule has 0 spiro atoms. The van der Waals surface area contributed by atoms with Crippen molar-refractivity contribution in [2.24, 2.45) is 0 Å². The minimum atomic E-state index is 0.359. The summed E-state index contributed by atoms with van der Waals surface area (Å²) in [5, 5.41) is 12.7. The lowest BCUT2D eigenvalue weighted by Crippen LogP contribution is -2.38. The monoisotopic (exact) mass is 228 g/mol. The van der Waals surface area contributed by atoms with Gasteiger partial charge in [0.1, 0.15) is 0 Å². The number of nitrogen functional groups attached to an aromatic ring is 1. The first-order valence-electron chi connectivity index (χ1n) is 7.16. The standard InChI is InChI=1S/C11H18N4O.H2/c1-13-11-8-9(7-10(12)15(11)16)14-5-3-2-4-6-14;/h7-8,16H,2-6H2,1H3,(H2,12,13);1H/p+1/i;1+1D/hD. The van der Waals surface area contributed by atoms with Crippen LogP contribution in [0.4, 0.5) is 17.3 Å². The van der Waals surface area contributed by atoms with Gasteiger partial charge >= 0.3 is 0 Å². The number of nitrogens with zero attached hydrogens (tertiary/aromatic N) is 2. The highest BCUT2D eigenvalue weighted by Gasteiger charge is 2.16. The Morgan fingerprint density at radius 3 is 2.94 bits per heavy atom. The van der Waals surface area contributed by atoms with E-state index in [1.807, 2.05) is 6.07 Å². The second-order valence-corrected chi connectivity index (χ2v) is 4.09. The van der Waals surface area contributed by atoms with Crippen molar-refractivity contribution >= 4 is 17.3 Å². The van der Waals surface area contributed by atoms with Crippen LogP contribution in [0.3, 0.4) is 0 Å². The molecule has 1 aromatic heterocycles. The zero-order valence-corrected chi connectivity index (χ0v) is 9.53. The Kier molecular flexibility index (Phi) is 2.37. The second kappa shape index (κ2) is 4.47. The predicted octanol–water partition coefficient (Wildman–Crippen LogP) is 1.07. The van der Waals surface area contributed by atoms with Gasteiger partial charge in [0.2, 0.25) is 0 Å². The van der Waals surface area contributed by atoms with E-state index in [0.29, 0.717) is 11.6 Å². The van der Waals surface area contributed by atoms with Crippen molar-refractivity contribution in [1.29, 1.82) is 0 Å². The zero-order valence-electron chi connectivity index (χ0n) is 12.5. The minimum absolute atomic E-state index is 0.359. The quantitative estimate of drug-likeness (QED) is 0.535. The average Bonchev–Trinajstić information content (AvgIpc) is 2.50. The minimum Gasteiger partial charge on any atom is -0.371 e. The highest BCUT2D eigenvalue weighted by molar-refractivity contribution is 5.56. The molecule has 0 saturated carbocycles. The molecule has 0 aromatic carbocycles. The van der Waals surface area contributed by atoms with Crippen LogP contribution in [0.15, 0.2) is 12.1 Å². The third-order valence-corrected chi connectivity index (χ3v) is 3.00. The molecule has 1 fully saturated rings. The van der Waals surface area contributed by atoms with E-state index in [9.17, 15) is 5.21 Å². The fourth-order valence-electron chi connectivity index (χ4n) is 2.09. The maximum Gasteiger partial charge on any atom is 0.262 e. The largest absolute Gasteiger partial charge is 0.371 e. The van der Waals surface area contributed by atoms with Gasteiger partial charge in [0.15, 0.2) is 0 Å². The van der Waals surface area contributed by atoms with E-state index < -0.39 is 0 Å². The van der Waals surface area contributed by atoms with Crippen molar-refractivity contribution in [1.82, 2.24) is 0 Å². The molecule has 1 aromatic rings. The van der Waals surface area contributed by atoms with Crippen LogP contribution in [0.5, 0.6) is 0 Å². The highest BCUT2D eigenvalue weighted by Crippen LogP contribution is 2.22. The fourth-order valence-corrected chi connectivity index (χ4v) is 2.09. The van der Waals surface area contributed by atoms with Crippen LogP contribution in [0.1, 0.15) is 22.2 Å². The van der Waals surface area contributed by atoms with Crippen molar-refractivity contribution in [3.63, 3.8) is 0 Å². The van der Waals surface area contributed by atoms with E-state index in [2.05, 4.69) is 15.9 Å². The van der Waals surface area contributed by atoms with Gasteiger partial charge in [-0.1, -0.05) is 4.73 Å². The Balaban J connectivity index is 0.000000861. The SMILES string of the molecule is [2H]Nc1cc(N2CCCCC2)cc(NC)[n+]1O.[2H][2H]. The van der Waals surface area contributed by atoms with Crippen molar-refractivity contribution in [3.8, 4) is 0 Å². The fraction of sp³-hybridized carbons (Fsp3) is 0.545. The highest BCUT2D eigenvalue weighted by atomic mass is 16.5. The molecule has 5 heteroatoms. The van der Waals surface area contributed by atoms with Crippen LogP contribution in [-0.4, -0.2) is 25.3 Å². The Morgan fingerprint density at radius 1 is 1.56 bits per heavy atom. The summed E-state index contributed by atoms with van der Waals surface area (Å²) in [4.78, 5) is 2.28. The molecule has 1 saturated heterocycles. The molecule has 0 bridgehead atoms. The number of anilines is 3. The molecule has 2 heterocycles. The van der Waals surface area contributed by atoms with E-state index in [1.165, 1.54) is 19.3 Å². The number of hydrogen-bond acceptors (Lipinski definition) is 4. The summed E-state index contributed by atoms with van der Waals surface area (Å²) < 4.78 is 18.1. The lowest BCUT2D eigenvalue weighted by atomic mass is 10.1. The second-order valence-electron chi connectivity index (χ2n) is 4.09. The maximum atomic E-state index is 9.76. The molecule has 5 nitrogen and oxygen atoms in total. The van der Waals surface area contributed by atoms with Crippen LogP contribution < -0.4 is 20.7 Å². The summed E-state index contributed by atoms with van der Waals surface area (Å²) >= 11 is 0. The van der Waals surface area contributed by atoms with E-state index in [0.717, 1.165) is 23.5 Å². The van der Waals surface area contributed by atoms with E-state index >= 15 is 0 Å². The molecule has 4 N–H and O–H groups in total. The number of pyridine rings is 1. The first-order chi connectivity index (χ1) is 9.26. The normalized spacial score (nSPS) is 17.3. The van der Waals surface area contributed by atoms with Gasteiger partial charge in [0, 0.05) is 35.2 Å². The van der Waals surface area contributed by atoms with Gasteiger partial charge in [0.25, 0.3) is 13.0 Å². The number of nitrogens with two attached hydrogens (primary N) is 1. The Bertz CT molecular complexity index is 375. The average molecular weight is 228 g/mol. The zero-order chi connectivity index (χ0) is 14.3. The molecule has 1 aliphatic heterocycles. The Morgan fingerprint density at radius 2 is 2.31 bits per heavy atom. The van der Waals surface area contributed by atoms with Gasteiger partial charge in [-0.15, -0.1) is 0 Å². The van der Waals surface area contributed by atoms with E-state index in [4.69, 9.17) is 4.38 Å². The lowest BCUT2D eigenvalue weighted by molar-refractivity contribution is -0.882. The summed E-state index contributed by atoms with van der Waals surface area (Å²) in [6.45, 7) is 2.08. The van der Waals surface area contributed by atoms with E-state index in [1.54, 1.807) is 13.1 Å². The first-order valence-corrected chi connectivity index (χ1v) is 5.66. The topological polar surface area (TPSA) is 65.4 Å². The Labute approximate surface area is 100.0 Å². The molecular formula is C11H21N4O+.